The maximum absolute atomic E-state index is 12.5. The van der Waals surface area contributed by atoms with Crippen LogP contribution in [-0.4, -0.2) is 56.9 Å². The molecule has 6 heteroatoms. The van der Waals surface area contributed by atoms with Crippen LogP contribution in [0.3, 0.4) is 0 Å². The Bertz CT molecular complexity index is 554. The monoisotopic (exact) mass is 334 g/mol. The Morgan fingerprint density at radius 1 is 1.21 bits per heavy atom. The summed E-state index contributed by atoms with van der Waals surface area (Å²) in [6.45, 7) is 1.92. The van der Waals surface area contributed by atoms with Crippen molar-refractivity contribution in [2.45, 2.75) is 37.8 Å². The third kappa shape index (κ3) is 3.99. The Morgan fingerprint density at radius 2 is 1.92 bits per heavy atom. The highest BCUT2D eigenvalue weighted by Gasteiger charge is 2.34. The van der Waals surface area contributed by atoms with Gasteiger partial charge < -0.3 is 19.5 Å². The zero-order valence-electron chi connectivity index (χ0n) is 14.4. The van der Waals surface area contributed by atoms with Crippen LogP contribution >= 0.6 is 0 Å². The molecule has 0 radical (unpaired) electrons. The van der Waals surface area contributed by atoms with E-state index in [1.54, 1.807) is 32.4 Å². The highest BCUT2D eigenvalue weighted by molar-refractivity contribution is 5.92. The number of nitrogens with zero attached hydrogens (tertiary/aromatic N) is 1. The van der Waals surface area contributed by atoms with Crippen LogP contribution in [0.25, 0.3) is 0 Å². The zero-order chi connectivity index (χ0) is 16.9. The number of methoxy groups -OCH3 is 2. The average molecular weight is 334 g/mol. The molecule has 1 heterocycles. The predicted molar refractivity (Wildman–Crippen MR) is 91.7 cm³/mol. The van der Waals surface area contributed by atoms with E-state index in [-0.39, 0.29) is 12.0 Å². The summed E-state index contributed by atoms with van der Waals surface area (Å²) < 4.78 is 16.3. The van der Waals surface area contributed by atoms with E-state index in [1.807, 2.05) is 0 Å². The first-order chi connectivity index (χ1) is 11.7. The SMILES string of the molecule is COc1cc(NC(=O)CN2CCO[C@@H]3CCCC[C@@H]32)cc(OC)c1. The number of carbonyl (C=O) groups is 1. The molecular weight excluding hydrogens is 308 g/mol. The first-order valence-electron chi connectivity index (χ1n) is 8.58. The van der Waals surface area contributed by atoms with Crippen LogP contribution < -0.4 is 14.8 Å². The molecule has 1 saturated carbocycles. The van der Waals surface area contributed by atoms with Crippen LogP contribution in [0.4, 0.5) is 5.69 Å². The Kier molecular flexibility index (Phi) is 5.58. The lowest BCUT2D eigenvalue weighted by Gasteiger charge is -2.43. The second kappa shape index (κ2) is 7.85. The summed E-state index contributed by atoms with van der Waals surface area (Å²) in [5.41, 5.74) is 0.685. The summed E-state index contributed by atoms with van der Waals surface area (Å²) in [6.07, 6.45) is 4.96. The molecule has 1 aliphatic heterocycles. The minimum absolute atomic E-state index is 0.0171. The lowest BCUT2D eigenvalue weighted by atomic mass is 9.90. The lowest BCUT2D eigenvalue weighted by Crippen LogP contribution is -2.54. The fourth-order valence-electron chi connectivity index (χ4n) is 3.64. The van der Waals surface area contributed by atoms with Crippen LogP contribution in [0.5, 0.6) is 11.5 Å². The van der Waals surface area contributed by atoms with Gasteiger partial charge in [-0.3, -0.25) is 9.69 Å². The minimum Gasteiger partial charge on any atom is -0.497 e. The number of hydrogen-bond acceptors (Lipinski definition) is 5. The number of ether oxygens (including phenoxy) is 3. The number of fused-ring (bicyclic) bond motifs is 1. The molecule has 1 amide bonds. The van der Waals surface area contributed by atoms with E-state index in [0.29, 0.717) is 36.4 Å². The number of amides is 1. The van der Waals surface area contributed by atoms with Crippen molar-refractivity contribution < 1.29 is 19.0 Å². The molecule has 0 aromatic heterocycles. The molecule has 1 aliphatic carbocycles. The van der Waals surface area contributed by atoms with Crippen LogP contribution in [0.2, 0.25) is 0 Å². The van der Waals surface area contributed by atoms with Gasteiger partial charge in [0.2, 0.25) is 5.91 Å². The van der Waals surface area contributed by atoms with E-state index < -0.39 is 0 Å². The first kappa shape index (κ1) is 17.0. The summed E-state index contributed by atoms with van der Waals surface area (Å²) >= 11 is 0. The van der Waals surface area contributed by atoms with Crippen LogP contribution in [-0.2, 0) is 9.53 Å². The maximum atomic E-state index is 12.5. The Balaban J connectivity index is 1.62. The van der Waals surface area contributed by atoms with Gasteiger partial charge >= 0.3 is 0 Å². The largest absolute Gasteiger partial charge is 0.497 e. The molecule has 1 N–H and O–H groups in total. The molecule has 2 atom stereocenters. The Morgan fingerprint density at radius 3 is 2.62 bits per heavy atom. The molecule has 6 nitrogen and oxygen atoms in total. The van der Waals surface area contributed by atoms with Crippen molar-refractivity contribution in [2.75, 3.05) is 39.2 Å². The number of nitrogens with one attached hydrogen (secondary N) is 1. The van der Waals surface area contributed by atoms with Gasteiger partial charge in [-0.2, -0.15) is 0 Å². The van der Waals surface area contributed by atoms with E-state index in [2.05, 4.69) is 10.2 Å². The van der Waals surface area contributed by atoms with Gasteiger partial charge in [0.25, 0.3) is 0 Å². The molecule has 1 aromatic rings. The van der Waals surface area contributed by atoms with Crippen molar-refractivity contribution in [1.29, 1.82) is 0 Å². The third-order valence-electron chi connectivity index (χ3n) is 4.83. The summed E-state index contributed by atoms with van der Waals surface area (Å²) in [4.78, 5) is 14.7. The normalized spacial score (nSPS) is 24.1. The number of carbonyl (C=O) groups excluding carboxylic acids is 1. The molecule has 0 spiro atoms. The topological polar surface area (TPSA) is 60.0 Å². The standard InChI is InChI=1S/C18H26N2O4/c1-22-14-9-13(10-15(11-14)23-2)19-18(21)12-20-7-8-24-17-6-4-3-5-16(17)20/h9-11,16-17H,3-8,12H2,1-2H3,(H,19,21)/t16-,17+/m0/s1. The van der Waals surface area contributed by atoms with Gasteiger partial charge in [0.1, 0.15) is 11.5 Å². The van der Waals surface area contributed by atoms with E-state index in [9.17, 15) is 4.79 Å². The summed E-state index contributed by atoms with van der Waals surface area (Å²) in [7, 11) is 3.19. The number of morpholine rings is 1. The molecular formula is C18H26N2O4. The van der Waals surface area contributed by atoms with Gasteiger partial charge in [0, 0.05) is 36.5 Å². The third-order valence-corrected chi connectivity index (χ3v) is 4.83. The van der Waals surface area contributed by atoms with Crippen molar-refractivity contribution in [3.8, 4) is 11.5 Å². The van der Waals surface area contributed by atoms with Crippen LogP contribution in [0.1, 0.15) is 25.7 Å². The highest BCUT2D eigenvalue weighted by Crippen LogP contribution is 2.29. The van der Waals surface area contributed by atoms with Crippen molar-refractivity contribution in [2.24, 2.45) is 0 Å². The van der Waals surface area contributed by atoms with Gasteiger partial charge in [-0.1, -0.05) is 12.8 Å². The molecule has 2 aliphatic rings. The van der Waals surface area contributed by atoms with Gasteiger partial charge in [0.15, 0.2) is 0 Å². The van der Waals surface area contributed by atoms with Crippen molar-refractivity contribution in [3.63, 3.8) is 0 Å². The fraction of sp³-hybridized carbons (Fsp3) is 0.611. The molecule has 2 fully saturated rings. The molecule has 3 rings (SSSR count). The van der Waals surface area contributed by atoms with E-state index in [1.165, 1.54) is 12.8 Å². The van der Waals surface area contributed by atoms with Gasteiger partial charge in [0.05, 0.1) is 33.5 Å². The second-order valence-corrected chi connectivity index (χ2v) is 6.38. The summed E-state index contributed by atoms with van der Waals surface area (Å²) in [6, 6.07) is 5.74. The minimum atomic E-state index is -0.0171. The van der Waals surface area contributed by atoms with Crippen LogP contribution in [0.15, 0.2) is 18.2 Å². The first-order valence-corrected chi connectivity index (χ1v) is 8.58. The number of rotatable bonds is 5. The van der Waals surface area contributed by atoms with Crippen molar-refractivity contribution >= 4 is 11.6 Å². The molecule has 0 bridgehead atoms. The lowest BCUT2D eigenvalue weighted by molar-refractivity contribution is -0.124. The van der Waals surface area contributed by atoms with E-state index in [4.69, 9.17) is 14.2 Å². The quantitative estimate of drug-likeness (QED) is 0.895. The molecule has 132 valence electrons. The highest BCUT2D eigenvalue weighted by atomic mass is 16.5. The average Bonchev–Trinajstić information content (AvgIpc) is 2.61. The van der Waals surface area contributed by atoms with Gasteiger partial charge in [-0.05, 0) is 12.8 Å². The van der Waals surface area contributed by atoms with E-state index >= 15 is 0 Å². The molecule has 1 aromatic carbocycles. The fourth-order valence-corrected chi connectivity index (χ4v) is 3.64. The number of anilines is 1. The molecule has 1 saturated heterocycles. The van der Waals surface area contributed by atoms with Gasteiger partial charge in [-0.15, -0.1) is 0 Å². The van der Waals surface area contributed by atoms with E-state index in [0.717, 1.165) is 19.4 Å². The number of hydrogen-bond donors (Lipinski definition) is 1. The second-order valence-electron chi connectivity index (χ2n) is 6.38. The Hall–Kier alpha value is -1.79. The van der Waals surface area contributed by atoms with Crippen LogP contribution in [0, 0.1) is 0 Å². The molecule has 0 unspecified atom stereocenters. The smallest absolute Gasteiger partial charge is 0.238 e. The summed E-state index contributed by atoms with van der Waals surface area (Å²) in [5.74, 6) is 1.29. The van der Waals surface area contributed by atoms with Crippen molar-refractivity contribution in [1.82, 2.24) is 4.90 Å². The summed E-state index contributed by atoms with van der Waals surface area (Å²) in [5, 5.41) is 2.95. The van der Waals surface area contributed by atoms with Gasteiger partial charge in [-0.25, -0.2) is 0 Å². The maximum Gasteiger partial charge on any atom is 0.238 e. The number of benzene rings is 1. The van der Waals surface area contributed by atoms with Crippen molar-refractivity contribution in [3.05, 3.63) is 18.2 Å². The Labute approximate surface area is 143 Å². The molecule has 24 heavy (non-hydrogen) atoms. The zero-order valence-corrected chi connectivity index (χ0v) is 14.4. The predicted octanol–water partition coefficient (Wildman–Crippen LogP) is 2.29.